The van der Waals surface area contributed by atoms with Crippen molar-refractivity contribution in [3.8, 4) is 0 Å². The summed E-state index contributed by atoms with van der Waals surface area (Å²) in [5.41, 5.74) is 0.934. The van der Waals surface area contributed by atoms with Crippen molar-refractivity contribution in [3.63, 3.8) is 0 Å². The van der Waals surface area contributed by atoms with Crippen molar-refractivity contribution in [1.82, 2.24) is 0 Å². The molecular formula is C15H19ClO. The molecule has 0 saturated heterocycles. The second kappa shape index (κ2) is 6.20. The quantitative estimate of drug-likeness (QED) is 0.570. The fourth-order valence-corrected chi connectivity index (χ4v) is 2.88. The van der Waals surface area contributed by atoms with Gasteiger partial charge in [-0.2, -0.15) is 0 Å². The lowest BCUT2D eigenvalue weighted by Gasteiger charge is -2.16. The van der Waals surface area contributed by atoms with E-state index >= 15 is 0 Å². The van der Waals surface area contributed by atoms with Gasteiger partial charge in [0.1, 0.15) is 5.38 Å². The van der Waals surface area contributed by atoms with Gasteiger partial charge in [0, 0.05) is 5.92 Å². The van der Waals surface area contributed by atoms with Crippen LogP contribution >= 0.6 is 11.6 Å². The van der Waals surface area contributed by atoms with Gasteiger partial charge in [-0.1, -0.05) is 56.0 Å². The largest absolute Gasteiger partial charge is 0.297 e. The minimum atomic E-state index is -0.459. The zero-order valence-electron chi connectivity index (χ0n) is 10.1. The highest BCUT2D eigenvalue weighted by atomic mass is 35.5. The van der Waals surface area contributed by atoms with Crippen LogP contribution in [0.5, 0.6) is 0 Å². The number of alkyl halides is 1. The minimum absolute atomic E-state index is 0.181. The molecule has 0 bridgehead atoms. The van der Waals surface area contributed by atoms with Crippen LogP contribution < -0.4 is 0 Å². The lowest BCUT2D eigenvalue weighted by atomic mass is 9.91. The molecule has 1 aliphatic rings. The molecule has 1 atom stereocenters. The second-order valence-electron chi connectivity index (χ2n) is 4.86. The number of carbonyl (C=O) groups excluding carboxylic acids is 1. The van der Waals surface area contributed by atoms with Crippen molar-refractivity contribution in [2.24, 2.45) is 5.92 Å². The normalized spacial score (nSPS) is 19.6. The number of carbonyl (C=O) groups is 1. The first-order valence-corrected chi connectivity index (χ1v) is 6.95. The zero-order valence-corrected chi connectivity index (χ0v) is 10.8. The Morgan fingerprint density at radius 1 is 1.06 bits per heavy atom. The Hall–Kier alpha value is -0.820. The number of benzene rings is 1. The predicted molar refractivity (Wildman–Crippen MR) is 71.2 cm³/mol. The summed E-state index contributed by atoms with van der Waals surface area (Å²) >= 11 is 6.29. The molecule has 1 unspecified atom stereocenters. The minimum Gasteiger partial charge on any atom is -0.297 e. The lowest BCUT2D eigenvalue weighted by molar-refractivity contribution is -0.123. The summed E-state index contributed by atoms with van der Waals surface area (Å²) in [6, 6.07) is 9.69. The van der Waals surface area contributed by atoms with E-state index in [1.54, 1.807) is 0 Å². The zero-order chi connectivity index (χ0) is 12.1. The van der Waals surface area contributed by atoms with Gasteiger partial charge in [0.05, 0.1) is 0 Å². The molecule has 0 N–H and O–H groups in total. The van der Waals surface area contributed by atoms with Gasteiger partial charge in [-0.05, 0) is 18.4 Å². The maximum Gasteiger partial charge on any atom is 0.158 e. The van der Waals surface area contributed by atoms with Crippen LogP contribution in [0.1, 0.15) is 49.5 Å². The summed E-state index contributed by atoms with van der Waals surface area (Å²) in [5, 5.41) is -0.459. The second-order valence-corrected chi connectivity index (χ2v) is 5.30. The molecule has 0 aliphatic heterocycles. The average Bonchev–Trinajstić information content (AvgIpc) is 2.67. The monoisotopic (exact) mass is 250 g/mol. The van der Waals surface area contributed by atoms with Gasteiger partial charge in [0.25, 0.3) is 0 Å². The van der Waals surface area contributed by atoms with Crippen LogP contribution in [0, 0.1) is 5.92 Å². The van der Waals surface area contributed by atoms with Crippen LogP contribution in [-0.4, -0.2) is 5.78 Å². The molecule has 0 heterocycles. The van der Waals surface area contributed by atoms with E-state index in [-0.39, 0.29) is 11.7 Å². The van der Waals surface area contributed by atoms with Gasteiger partial charge in [0.2, 0.25) is 0 Å². The van der Waals surface area contributed by atoms with Crippen molar-refractivity contribution in [2.45, 2.75) is 43.9 Å². The van der Waals surface area contributed by atoms with E-state index in [0.717, 1.165) is 18.4 Å². The topological polar surface area (TPSA) is 17.1 Å². The molecule has 92 valence electrons. The molecule has 0 spiro atoms. The maximum absolute atomic E-state index is 12.3. The van der Waals surface area contributed by atoms with Crippen LogP contribution in [-0.2, 0) is 4.79 Å². The molecule has 0 radical (unpaired) electrons. The van der Waals surface area contributed by atoms with Crippen molar-refractivity contribution >= 4 is 17.4 Å². The molecule has 2 rings (SSSR count). The van der Waals surface area contributed by atoms with Gasteiger partial charge in [-0.3, -0.25) is 4.79 Å². The molecule has 17 heavy (non-hydrogen) atoms. The molecule has 1 nitrogen and oxygen atoms in total. The maximum atomic E-state index is 12.3. The number of hydrogen-bond donors (Lipinski definition) is 0. The number of ketones is 1. The van der Waals surface area contributed by atoms with Gasteiger partial charge in [0.15, 0.2) is 5.78 Å². The van der Waals surface area contributed by atoms with Crippen molar-refractivity contribution in [3.05, 3.63) is 35.9 Å². The van der Waals surface area contributed by atoms with Crippen molar-refractivity contribution < 1.29 is 4.79 Å². The molecule has 1 aromatic carbocycles. The average molecular weight is 251 g/mol. The highest BCUT2D eigenvalue weighted by Gasteiger charge is 2.26. The smallest absolute Gasteiger partial charge is 0.158 e. The number of Topliss-reactive ketones (excluding diaryl/α,β-unsaturated/α-hetero) is 1. The number of hydrogen-bond acceptors (Lipinski definition) is 1. The van der Waals surface area contributed by atoms with Crippen molar-refractivity contribution in [2.75, 3.05) is 0 Å². The molecule has 0 aromatic heterocycles. The van der Waals surface area contributed by atoms with Crippen LogP contribution in [0.15, 0.2) is 30.3 Å². The lowest BCUT2D eigenvalue weighted by Crippen LogP contribution is -2.18. The van der Waals surface area contributed by atoms with Gasteiger partial charge in [-0.25, -0.2) is 0 Å². The van der Waals surface area contributed by atoms with Crippen molar-refractivity contribution in [1.29, 1.82) is 0 Å². The van der Waals surface area contributed by atoms with Gasteiger partial charge in [-0.15, -0.1) is 11.6 Å². The molecule has 1 saturated carbocycles. The summed E-state index contributed by atoms with van der Waals surface area (Å²) in [4.78, 5) is 12.3. The molecule has 1 fully saturated rings. The Morgan fingerprint density at radius 2 is 1.65 bits per heavy atom. The Kier molecular flexibility index (Phi) is 4.61. The predicted octanol–water partition coefficient (Wildman–Crippen LogP) is 4.51. The Labute approximate surface area is 108 Å². The van der Waals surface area contributed by atoms with E-state index < -0.39 is 5.38 Å². The first-order valence-electron chi connectivity index (χ1n) is 6.52. The molecule has 1 aliphatic carbocycles. The SMILES string of the molecule is O=C(C1CCCCCC1)C(Cl)c1ccccc1. The summed E-state index contributed by atoms with van der Waals surface area (Å²) in [6.45, 7) is 0. The molecule has 1 aromatic rings. The fourth-order valence-electron chi connectivity index (χ4n) is 2.56. The standard InChI is InChI=1S/C15H19ClO/c16-14(12-8-6-3-7-9-12)15(17)13-10-4-1-2-5-11-13/h3,6-9,13-14H,1-2,4-5,10-11H2. The molecule has 0 amide bonds. The highest BCUT2D eigenvalue weighted by Crippen LogP contribution is 2.31. The van der Waals surface area contributed by atoms with Crippen LogP contribution in [0.4, 0.5) is 0 Å². The van der Waals surface area contributed by atoms with E-state index in [1.807, 2.05) is 30.3 Å². The van der Waals surface area contributed by atoms with Crippen LogP contribution in [0.25, 0.3) is 0 Å². The van der Waals surface area contributed by atoms with Gasteiger partial charge < -0.3 is 0 Å². The Morgan fingerprint density at radius 3 is 2.24 bits per heavy atom. The van der Waals surface area contributed by atoms with E-state index in [4.69, 9.17) is 11.6 Å². The third kappa shape index (κ3) is 3.32. The van der Waals surface area contributed by atoms with Crippen LogP contribution in [0.2, 0.25) is 0 Å². The van der Waals surface area contributed by atoms with Crippen LogP contribution in [0.3, 0.4) is 0 Å². The first-order chi connectivity index (χ1) is 8.29. The summed E-state index contributed by atoms with van der Waals surface area (Å²) in [6.07, 6.45) is 6.93. The summed E-state index contributed by atoms with van der Waals surface area (Å²) in [5.74, 6) is 0.403. The number of halogens is 1. The van der Waals surface area contributed by atoms with E-state index in [0.29, 0.717) is 0 Å². The highest BCUT2D eigenvalue weighted by molar-refractivity contribution is 6.31. The Balaban J connectivity index is 2.03. The van der Waals surface area contributed by atoms with E-state index in [2.05, 4.69) is 0 Å². The summed E-state index contributed by atoms with van der Waals surface area (Å²) in [7, 11) is 0. The third-order valence-corrected chi connectivity index (χ3v) is 4.07. The summed E-state index contributed by atoms with van der Waals surface area (Å²) < 4.78 is 0. The van der Waals surface area contributed by atoms with E-state index in [1.165, 1.54) is 25.7 Å². The Bertz CT molecular complexity index is 352. The number of rotatable bonds is 3. The van der Waals surface area contributed by atoms with Gasteiger partial charge >= 0.3 is 0 Å². The molecule has 2 heteroatoms. The fraction of sp³-hybridized carbons (Fsp3) is 0.533. The first kappa shape index (κ1) is 12.6. The van der Waals surface area contributed by atoms with E-state index in [9.17, 15) is 4.79 Å². The molecular weight excluding hydrogens is 232 g/mol. The third-order valence-electron chi connectivity index (χ3n) is 3.60.